The van der Waals surface area contributed by atoms with Crippen LogP contribution in [0.15, 0.2) is 42.5 Å². The van der Waals surface area contributed by atoms with Crippen molar-refractivity contribution in [3.8, 4) is 28.4 Å². The largest absolute Gasteiger partial charge is 0.494 e. The summed E-state index contributed by atoms with van der Waals surface area (Å²) in [6.07, 6.45) is 6.99. The predicted molar refractivity (Wildman–Crippen MR) is 106 cm³/mol. The van der Waals surface area contributed by atoms with Crippen molar-refractivity contribution in [1.82, 2.24) is 0 Å². The second-order valence-electron chi connectivity index (χ2n) is 6.98. The minimum atomic E-state index is -0.563. The van der Waals surface area contributed by atoms with Crippen molar-refractivity contribution in [3.63, 3.8) is 0 Å². The molecule has 2 aromatic carbocycles. The zero-order chi connectivity index (χ0) is 19.1. The molecule has 2 aromatic rings. The van der Waals surface area contributed by atoms with Crippen LogP contribution < -0.4 is 14.2 Å². The summed E-state index contributed by atoms with van der Waals surface area (Å²) in [6, 6.07) is 13.7. The molecule has 0 radical (unpaired) electrons. The molecule has 144 valence electrons. The zero-order valence-corrected chi connectivity index (χ0v) is 16.2. The lowest BCUT2D eigenvalue weighted by molar-refractivity contribution is -0.144. The number of hydrogen-bond acceptors (Lipinski definition) is 4. The van der Waals surface area contributed by atoms with Gasteiger partial charge in [0, 0.05) is 0 Å². The molecule has 0 spiro atoms. The highest BCUT2D eigenvalue weighted by molar-refractivity contribution is 5.81. The van der Waals surface area contributed by atoms with Crippen LogP contribution in [-0.4, -0.2) is 18.7 Å². The molecule has 1 atom stereocenters. The smallest absolute Gasteiger partial charge is 0.352 e. The van der Waals surface area contributed by atoms with Gasteiger partial charge in [0.25, 0.3) is 0 Å². The SMILES string of the molecule is CCCCCCCCOc1ccc(-c2ccc3c(c2)OC(=O)[C@@H](C)O3)cc1. The van der Waals surface area contributed by atoms with Crippen molar-refractivity contribution in [3.05, 3.63) is 42.5 Å². The summed E-state index contributed by atoms with van der Waals surface area (Å²) in [5.41, 5.74) is 2.02. The van der Waals surface area contributed by atoms with E-state index in [9.17, 15) is 4.79 Å². The van der Waals surface area contributed by atoms with E-state index in [4.69, 9.17) is 14.2 Å². The first kappa shape index (κ1) is 19.3. The molecule has 3 rings (SSSR count). The molecule has 0 fully saturated rings. The molecule has 0 amide bonds. The number of benzene rings is 2. The highest BCUT2D eigenvalue weighted by atomic mass is 16.6. The van der Waals surface area contributed by atoms with Crippen LogP contribution in [0.3, 0.4) is 0 Å². The Morgan fingerprint density at radius 3 is 2.37 bits per heavy atom. The van der Waals surface area contributed by atoms with Gasteiger partial charge in [-0.3, -0.25) is 0 Å². The first-order valence-electron chi connectivity index (χ1n) is 9.93. The Morgan fingerprint density at radius 1 is 0.889 bits per heavy atom. The van der Waals surface area contributed by atoms with Gasteiger partial charge in [0.05, 0.1) is 6.61 Å². The van der Waals surface area contributed by atoms with Crippen LogP contribution in [0.2, 0.25) is 0 Å². The predicted octanol–water partition coefficient (Wildman–Crippen LogP) is 5.78. The fourth-order valence-electron chi connectivity index (χ4n) is 3.11. The van der Waals surface area contributed by atoms with Crippen LogP contribution in [0.5, 0.6) is 17.2 Å². The average molecular weight is 368 g/mol. The maximum Gasteiger partial charge on any atom is 0.352 e. The van der Waals surface area contributed by atoms with Crippen molar-refractivity contribution < 1.29 is 19.0 Å². The zero-order valence-electron chi connectivity index (χ0n) is 16.2. The second kappa shape index (κ2) is 9.45. The Bertz CT molecular complexity index is 751. The van der Waals surface area contributed by atoms with Gasteiger partial charge in [-0.05, 0) is 48.7 Å². The van der Waals surface area contributed by atoms with Crippen molar-refractivity contribution in [1.29, 1.82) is 0 Å². The summed E-state index contributed by atoms with van der Waals surface area (Å²) in [6.45, 7) is 4.68. The molecule has 0 aromatic heterocycles. The summed E-state index contributed by atoms with van der Waals surface area (Å²) in [5.74, 6) is 1.59. The van der Waals surface area contributed by atoms with Gasteiger partial charge in [0.2, 0.25) is 0 Å². The number of carbonyl (C=O) groups is 1. The Labute approximate surface area is 161 Å². The number of hydrogen-bond donors (Lipinski definition) is 0. The monoisotopic (exact) mass is 368 g/mol. The average Bonchev–Trinajstić information content (AvgIpc) is 2.68. The molecule has 0 unspecified atom stereocenters. The summed E-state index contributed by atoms with van der Waals surface area (Å²) in [4.78, 5) is 11.7. The number of fused-ring (bicyclic) bond motifs is 1. The molecule has 4 heteroatoms. The van der Waals surface area contributed by atoms with Crippen LogP contribution in [-0.2, 0) is 4.79 Å². The molecule has 1 heterocycles. The lowest BCUT2D eigenvalue weighted by Crippen LogP contribution is -2.32. The normalized spacial score (nSPS) is 15.6. The summed E-state index contributed by atoms with van der Waals surface area (Å²) in [5, 5.41) is 0. The molecule has 0 bridgehead atoms. The molecule has 4 nitrogen and oxygen atoms in total. The number of carbonyl (C=O) groups excluding carboxylic acids is 1. The van der Waals surface area contributed by atoms with Gasteiger partial charge < -0.3 is 14.2 Å². The molecular formula is C23H28O4. The minimum Gasteiger partial charge on any atom is -0.494 e. The third-order valence-electron chi connectivity index (χ3n) is 4.74. The van der Waals surface area contributed by atoms with E-state index in [1.165, 1.54) is 32.1 Å². The first-order chi connectivity index (χ1) is 13.2. The standard InChI is InChI=1S/C23H28O4/c1-3-4-5-6-7-8-15-25-20-12-9-18(10-13-20)19-11-14-21-22(16-19)27-23(24)17(2)26-21/h9-14,16-17H,3-8,15H2,1-2H3/t17-/m1/s1. The molecule has 0 saturated heterocycles. The fourth-order valence-corrected chi connectivity index (χ4v) is 3.11. The molecule has 0 N–H and O–H groups in total. The van der Waals surface area contributed by atoms with Gasteiger partial charge in [-0.15, -0.1) is 0 Å². The van der Waals surface area contributed by atoms with E-state index in [0.717, 1.165) is 29.9 Å². The van der Waals surface area contributed by atoms with E-state index in [1.807, 2.05) is 42.5 Å². The van der Waals surface area contributed by atoms with Gasteiger partial charge in [-0.25, -0.2) is 4.79 Å². The van der Waals surface area contributed by atoms with Crippen molar-refractivity contribution in [2.75, 3.05) is 6.61 Å². The molecule has 1 aliphatic heterocycles. The van der Waals surface area contributed by atoms with Gasteiger partial charge in [-0.2, -0.15) is 0 Å². The fraction of sp³-hybridized carbons (Fsp3) is 0.435. The summed E-state index contributed by atoms with van der Waals surface area (Å²) >= 11 is 0. The van der Waals surface area contributed by atoms with Gasteiger partial charge in [0.1, 0.15) is 5.75 Å². The van der Waals surface area contributed by atoms with E-state index in [-0.39, 0.29) is 5.97 Å². The number of esters is 1. The lowest BCUT2D eigenvalue weighted by Gasteiger charge is -2.22. The number of ether oxygens (including phenoxy) is 3. The molecule has 1 aliphatic rings. The Kier molecular flexibility index (Phi) is 6.74. The van der Waals surface area contributed by atoms with E-state index in [1.54, 1.807) is 6.92 Å². The Balaban J connectivity index is 1.53. The van der Waals surface area contributed by atoms with E-state index < -0.39 is 6.10 Å². The van der Waals surface area contributed by atoms with E-state index in [0.29, 0.717) is 11.5 Å². The third kappa shape index (κ3) is 5.25. The van der Waals surface area contributed by atoms with Crippen LogP contribution in [0.25, 0.3) is 11.1 Å². The van der Waals surface area contributed by atoms with Crippen LogP contribution >= 0.6 is 0 Å². The number of rotatable bonds is 9. The van der Waals surface area contributed by atoms with Crippen molar-refractivity contribution >= 4 is 5.97 Å². The molecule has 0 aliphatic carbocycles. The quantitative estimate of drug-likeness (QED) is 0.320. The Morgan fingerprint density at radius 2 is 1.59 bits per heavy atom. The minimum absolute atomic E-state index is 0.363. The van der Waals surface area contributed by atoms with Gasteiger partial charge in [-0.1, -0.05) is 57.2 Å². The number of unbranched alkanes of at least 4 members (excludes halogenated alkanes) is 5. The topological polar surface area (TPSA) is 44.8 Å². The maximum atomic E-state index is 11.7. The summed E-state index contributed by atoms with van der Waals surface area (Å²) < 4.78 is 16.7. The highest BCUT2D eigenvalue weighted by Crippen LogP contribution is 2.36. The van der Waals surface area contributed by atoms with Gasteiger partial charge >= 0.3 is 5.97 Å². The molecule has 27 heavy (non-hydrogen) atoms. The lowest BCUT2D eigenvalue weighted by atomic mass is 10.0. The van der Waals surface area contributed by atoms with Gasteiger partial charge in [0.15, 0.2) is 17.6 Å². The second-order valence-corrected chi connectivity index (χ2v) is 6.98. The van der Waals surface area contributed by atoms with E-state index >= 15 is 0 Å². The van der Waals surface area contributed by atoms with Crippen LogP contribution in [0, 0.1) is 0 Å². The van der Waals surface area contributed by atoms with E-state index in [2.05, 4.69) is 6.92 Å². The van der Waals surface area contributed by atoms with Crippen molar-refractivity contribution in [2.45, 2.75) is 58.5 Å². The Hall–Kier alpha value is -2.49. The molecular weight excluding hydrogens is 340 g/mol. The molecule has 0 saturated carbocycles. The first-order valence-corrected chi connectivity index (χ1v) is 9.93. The third-order valence-corrected chi connectivity index (χ3v) is 4.74. The highest BCUT2D eigenvalue weighted by Gasteiger charge is 2.26. The summed E-state index contributed by atoms with van der Waals surface area (Å²) in [7, 11) is 0. The van der Waals surface area contributed by atoms with Crippen LogP contribution in [0.4, 0.5) is 0 Å². The van der Waals surface area contributed by atoms with Crippen LogP contribution in [0.1, 0.15) is 52.4 Å². The maximum absolute atomic E-state index is 11.7. The van der Waals surface area contributed by atoms with Crippen molar-refractivity contribution in [2.24, 2.45) is 0 Å².